The third-order valence-corrected chi connectivity index (χ3v) is 5.40. The number of aromatic nitrogens is 2. The van der Waals surface area contributed by atoms with Crippen molar-refractivity contribution in [3.63, 3.8) is 0 Å². The van der Waals surface area contributed by atoms with Crippen molar-refractivity contribution in [1.29, 1.82) is 0 Å². The standard InChI is InChI=1S/C15H25N5OS.2ClH/c1-19-10-14(8-17-19)20-5-2-3-12(9-20)18-15(21)7-13-11-22-6-4-16-13;;/h8,10,12-13,16H,2-7,9,11H2,1H3,(H,18,21);2*1H. The first-order chi connectivity index (χ1) is 10.7. The molecule has 1 aromatic rings. The van der Waals surface area contributed by atoms with Crippen LogP contribution in [0.3, 0.4) is 0 Å². The van der Waals surface area contributed by atoms with Gasteiger partial charge in [0, 0.05) is 62.9 Å². The second-order valence-corrected chi connectivity index (χ2v) is 7.30. The summed E-state index contributed by atoms with van der Waals surface area (Å²) in [5.41, 5.74) is 1.15. The molecule has 0 bridgehead atoms. The van der Waals surface area contributed by atoms with Crippen molar-refractivity contribution in [3.05, 3.63) is 12.4 Å². The number of piperidine rings is 1. The second kappa shape index (κ2) is 10.4. The van der Waals surface area contributed by atoms with Gasteiger partial charge in [-0.05, 0) is 12.8 Å². The number of thioether (sulfide) groups is 1. The number of rotatable bonds is 4. The molecule has 138 valence electrons. The van der Waals surface area contributed by atoms with E-state index >= 15 is 0 Å². The molecule has 2 N–H and O–H groups in total. The van der Waals surface area contributed by atoms with Crippen LogP contribution in [0.1, 0.15) is 19.3 Å². The molecule has 24 heavy (non-hydrogen) atoms. The molecular formula is C15H27Cl2N5OS. The van der Waals surface area contributed by atoms with E-state index in [-0.39, 0.29) is 36.8 Å². The summed E-state index contributed by atoms with van der Waals surface area (Å²) < 4.78 is 1.82. The highest BCUT2D eigenvalue weighted by molar-refractivity contribution is 7.99. The molecule has 0 aliphatic carbocycles. The molecular weight excluding hydrogens is 369 g/mol. The summed E-state index contributed by atoms with van der Waals surface area (Å²) in [5, 5.41) is 10.9. The minimum Gasteiger partial charge on any atom is -0.367 e. The molecule has 2 fully saturated rings. The lowest BCUT2D eigenvalue weighted by Crippen LogP contribution is -2.49. The van der Waals surface area contributed by atoms with E-state index < -0.39 is 0 Å². The predicted molar refractivity (Wildman–Crippen MR) is 105 cm³/mol. The number of aryl methyl sites for hydroxylation is 1. The van der Waals surface area contributed by atoms with Crippen LogP contribution in [0, 0.1) is 0 Å². The first-order valence-corrected chi connectivity index (χ1v) is 9.20. The van der Waals surface area contributed by atoms with Crippen LogP contribution in [0.15, 0.2) is 12.4 Å². The highest BCUT2D eigenvalue weighted by Gasteiger charge is 2.24. The molecule has 2 unspecified atom stereocenters. The summed E-state index contributed by atoms with van der Waals surface area (Å²) >= 11 is 1.93. The monoisotopic (exact) mass is 395 g/mol. The molecule has 0 saturated carbocycles. The summed E-state index contributed by atoms with van der Waals surface area (Å²) in [4.78, 5) is 14.5. The van der Waals surface area contributed by atoms with E-state index in [1.807, 2.05) is 35.9 Å². The molecule has 0 radical (unpaired) electrons. The normalized spacial score (nSPS) is 23.8. The average Bonchev–Trinajstić information content (AvgIpc) is 2.95. The smallest absolute Gasteiger partial charge is 0.221 e. The van der Waals surface area contributed by atoms with Crippen LogP contribution in [0.25, 0.3) is 0 Å². The number of anilines is 1. The Balaban J connectivity index is 0.00000144. The minimum atomic E-state index is 0. The molecule has 2 aliphatic heterocycles. The van der Waals surface area contributed by atoms with Gasteiger partial charge in [-0.3, -0.25) is 9.48 Å². The Kier molecular flexibility index (Phi) is 9.26. The molecule has 0 aromatic carbocycles. The van der Waals surface area contributed by atoms with E-state index in [1.54, 1.807) is 0 Å². The van der Waals surface area contributed by atoms with Crippen molar-refractivity contribution in [3.8, 4) is 0 Å². The Morgan fingerprint density at radius 2 is 2.33 bits per heavy atom. The zero-order chi connectivity index (χ0) is 15.4. The van der Waals surface area contributed by atoms with Crippen molar-refractivity contribution in [2.24, 2.45) is 7.05 Å². The van der Waals surface area contributed by atoms with Crippen molar-refractivity contribution in [2.45, 2.75) is 31.3 Å². The van der Waals surface area contributed by atoms with E-state index in [0.29, 0.717) is 12.5 Å². The maximum atomic E-state index is 12.2. The fourth-order valence-corrected chi connectivity index (χ4v) is 4.11. The number of halogens is 2. The Bertz CT molecular complexity index is 510. The number of carbonyl (C=O) groups excluding carboxylic acids is 1. The Hall–Kier alpha value is -0.630. The summed E-state index contributed by atoms with van der Waals surface area (Å²) in [6.45, 7) is 2.93. The molecule has 3 rings (SSSR count). The molecule has 2 saturated heterocycles. The van der Waals surface area contributed by atoms with Gasteiger partial charge >= 0.3 is 0 Å². The fourth-order valence-electron chi connectivity index (χ4n) is 3.16. The zero-order valence-electron chi connectivity index (χ0n) is 13.9. The van der Waals surface area contributed by atoms with Gasteiger partial charge in [-0.15, -0.1) is 24.8 Å². The molecule has 1 aromatic heterocycles. The topological polar surface area (TPSA) is 62.2 Å². The number of nitrogens with one attached hydrogen (secondary N) is 2. The summed E-state index contributed by atoms with van der Waals surface area (Å²) in [7, 11) is 1.93. The van der Waals surface area contributed by atoms with Gasteiger partial charge in [0.2, 0.25) is 5.91 Å². The van der Waals surface area contributed by atoms with Gasteiger partial charge in [0.15, 0.2) is 0 Å². The molecule has 1 amide bonds. The number of hydrogen-bond acceptors (Lipinski definition) is 5. The van der Waals surface area contributed by atoms with E-state index in [2.05, 4.69) is 20.6 Å². The number of nitrogens with zero attached hydrogens (tertiary/aromatic N) is 3. The molecule has 2 atom stereocenters. The van der Waals surface area contributed by atoms with Gasteiger partial charge in [0.1, 0.15) is 0 Å². The summed E-state index contributed by atoms with van der Waals surface area (Å²) in [6.07, 6.45) is 6.70. The second-order valence-electron chi connectivity index (χ2n) is 6.15. The van der Waals surface area contributed by atoms with Crippen LogP contribution in [0.5, 0.6) is 0 Å². The van der Waals surface area contributed by atoms with Crippen LogP contribution in [-0.4, -0.2) is 58.9 Å². The summed E-state index contributed by atoms with van der Waals surface area (Å²) in [6, 6.07) is 0.578. The zero-order valence-corrected chi connectivity index (χ0v) is 16.4. The quantitative estimate of drug-likeness (QED) is 0.807. The van der Waals surface area contributed by atoms with Gasteiger partial charge in [-0.25, -0.2) is 0 Å². The van der Waals surface area contributed by atoms with Crippen molar-refractivity contribution >= 4 is 48.2 Å². The minimum absolute atomic E-state index is 0. The molecule has 0 spiro atoms. The van der Waals surface area contributed by atoms with Gasteiger partial charge in [0.05, 0.1) is 11.9 Å². The highest BCUT2D eigenvalue weighted by atomic mass is 35.5. The highest BCUT2D eigenvalue weighted by Crippen LogP contribution is 2.19. The van der Waals surface area contributed by atoms with Crippen molar-refractivity contribution in [2.75, 3.05) is 36.0 Å². The van der Waals surface area contributed by atoms with Gasteiger partial charge < -0.3 is 15.5 Å². The molecule has 3 heterocycles. The maximum absolute atomic E-state index is 12.2. The Morgan fingerprint density at radius 1 is 1.50 bits per heavy atom. The number of hydrogen-bond donors (Lipinski definition) is 2. The lowest BCUT2D eigenvalue weighted by atomic mass is 10.0. The first kappa shape index (κ1) is 21.4. The van der Waals surface area contributed by atoms with Gasteiger partial charge in [0.25, 0.3) is 0 Å². The SMILES string of the molecule is Cl.Cl.Cn1cc(N2CCCC(NC(=O)CC3CSCCN3)C2)cn1. The first-order valence-electron chi connectivity index (χ1n) is 8.05. The molecule has 6 nitrogen and oxygen atoms in total. The van der Waals surface area contributed by atoms with Crippen LogP contribution < -0.4 is 15.5 Å². The third kappa shape index (κ3) is 6.02. The lowest BCUT2D eigenvalue weighted by molar-refractivity contribution is -0.122. The van der Waals surface area contributed by atoms with Crippen LogP contribution >= 0.6 is 36.6 Å². The van der Waals surface area contributed by atoms with Crippen LogP contribution in [0.4, 0.5) is 5.69 Å². The number of amides is 1. The van der Waals surface area contributed by atoms with E-state index in [9.17, 15) is 4.79 Å². The summed E-state index contributed by atoms with van der Waals surface area (Å²) in [5.74, 6) is 2.37. The average molecular weight is 396 g/mol. The van der Waals surface area contributed by atoms with E-state index in [1.165, 1.54) is 0 Å². The van der Waals surface area contributed by atoms with Gasteiger partial charge in [-0.1, -0.05) is 0 Å². The molecule has 9 heteroatoms. The van der Waals surface area contributed by atoms with Gasteiger partial charge in [-0.2, -0.15) is 16.9 Å². The Morgan fingerprint density at radius 3 is 3.00 bits per heavy atom. The third-order valence-electron chi connectivity index (χ3n) is 4.27. The largest absolute Gasteiger partial charge is 0.367 e. The number of carbonyl (C=O) groups is 1. The lowest BCUT2D eigenvalue weighted by Gasteiger charge is -2.34. The van der Waals surface area contributed by atoms with E-state index in [0.717, 1.165) is 49.7 Å². The van der Waals surface area contributed by atoms with Crippen molar-refractivity contribution < 1.29 is 4.79 Å². The fraction of sp³-hybridized carbons (Fsp3) is 0.733. The van der Waals surface area contributed by atoms with E-state index in [4.69, 9.17) is 0 Å². The van der Waals surface area contributed by atoms with Crippen LogP contribution in [0.2, 0.25) is 0 Å². The Labute approximate surface area is 160 Å². The molecule has 2 aliphatic rings. The van der Waals surface area contributed by atoms with Crippen LogP contribution in [-0.2, 0) is 11.8 Å². The van der Waals surface area contributed by atoms with Crippen molar-refractivity contribution in [1.82, 2.24) is 20.4 Å². The predicted octanol–water partition coefficient (Wildman–Crippen LogP) is 1.44. The maximum Gasteiger partial charge on any atom is 0.221 e.